The number of hydrogen-bond acceptors (Lipinski definition) is 4. The number of rotatable bonds is 6. The first kappa shape index (κ1) is 15.0. The molecule has 0 bridgehead atoms. The highest BCUT2D eigenvalue weighted by Gasteiger charge is 2.24. The van der Waals surface area contributed by atoms with E-state index >= 15 is 0 Å². The van der Waals surface area contributed by atoms with Crippen LogP contribution in [-0.2, 0) is 4.79 Å². The topological polar surface area (TPSA) is 98.7 Å². The van der Waals surface area contributed by atoms with Gasteiger partial charge in [0, 0.05) is 11.8 Å². The van der Waals surface area contributed by atoms with Crippen molar-refractivity contribution in [2.45, 2.75) is 31.2 Å². The summed E-state index contributed by atoms with van der Waals surface area (Å²) in [6.07, 6.45) is 0.779. The molecule has 4 N–H and O–H groups in total. The molecule has 3 atom stereocenters. The van der Waals surface area contributed by atoms with Crippen molar-refractivity contribution in [3.63, 3.8) is 0 Å². The van der Waals surface area contributed by atoms with Gasteiger partial charge < -0.3 is 20.8 Å². The van der Waals surface area contributed by atoms with Crippen LogP contribution >= 0.6 is 11.8 Å². The molecular formula is C9H18N2O4S. The Labute approximate surface area is 98.8 Å². The van der Waals surface area contributed by atoms with Crippen molar-refractivity contribution in [2.24, 2.45) is 0 Å². The lowest BCUT2D eigenvalue weighted by atomic mass is 10.2. The van der Waals surface area contributed by atoms with Crippen LogP contribution in [0.1, 0.15) is 13.8 Å². The molecule has 6 nitrogen and oxygen atoms in total. The Balaban J connectivity index is 4.06. The van der Waals surface area contributed by atoms with Crippen LogP contribution < -0.4 is 10.6 Å². The molecular weight excluding hydrogens is 232 g/mol. The van der Waals surface area contributed by atoms with E-state index in [2.05, 4.69) is 10.6 Å². The Morgan fingerprint density at radius 3 is 2.31 bits per heavy atom. The Kier molecular flexibility index (Phi) is 6.91. The molecule has 0 rings (SSSR count). The summed E-state index contributed by atoms with van der Waals surface area (Å²) >= 11 is 1.59. The second-order valence-electron chi connectivity index (χ2n) is 3.46. The highest BCUT2D eigenvalue weighted by atomic mass is 32.2. The molecule has 0 saturated heterocycles. The molecule has 94 valence electrons. The van der Waals surface area contributed by atoms with Crippen molar-refractivity contribution in [3.05, 3.63) is 0 Å². The van der Waals surface area contributed by atoms with Gasteiger partial charge in [-0.3, -0.25) is 0 Å². The van der Waals surface area contributed by atoms with Crippen LogP contribution in [0.25, 0.3) is 0 Å². The van der Waals surface area contributed by atoms with Crippen LogP contribution in [0.5, 0.6) is 0 Å². The average molecular weight is 250 g/mol. The van der Waals surface area contributed by atoms with E-state index in [-0.39, 0.29) is 5.25 Å². The fourth-order valence-corrected chi connectivity index (χ4v) is 1.15. The lowest BCUT2D eigenvalue weighted by molar-refractivity contribution is -0.141. The molecule has 7 heteroatoms. The average Bonchev–Trinajstić information content (AvgIpc) is 2.21. The second kappa shape index (κ2) is 7.34. The number of aliphatic carboxylic acids is 1. The second-order valence-corrected chi connectivity index (χ2v) is 4.73. The maximum atomic E-state index is 11.3. The van der Waals surface area contributed by atoms with Gasteiger partial charge in [-0.2, -0.15) is 11.8 Å². The maximum Gasteiger partial charge on any atom is 0.328 e. The van der Waals surface area contributed by atoms with E-state index in [1.807, 2.05) is 13.2 Å². The van der Waals surface area contributed by atoms with E-state index in [0.717, 1.165) is 0 Å². The Bertz CT molecular complexity index is 248. The summed E-state index contributed by atoms with van der Waals surface area (Å²) in [6.45, 7) is 3.69. The Morgan fingerprint density at radius 2 is 1.94 bits per heavy atom. The third-order valence-electron chi connectivity index (χ3n) is 1.99. The molecule has 0 aromatic rings. The summed E-state index contributed by atoms with van der Waals surface area (Å²) in [5.41, 5.74) is 0. The van der Waals surface area contributed by atoms with Crippen molar-refractivity contribution >= 4 is 23.8 Å². The molecule has 0 saturated carbocycles. The zero-order chi connectivity index (χ0) is 12.7. The van der Waals surface area contributed by atoms with Crippen molar-refractivity contribution in [2.75, 3.05) is 12.8 Å². The molecule has 0 spiro atoms. The first-order valence-electron chi connectivity index (χ1n) is 4.86. The molecule has 0 radical (unpaired) electrons. The number of carbonyl (C=O) groups excluding carboxylic acids is 1. The van der Waals surface area contributed by atoms with Crippen LogP contribution in [0, 0.1) is 0 Å². The fraction of sp³-hybridized carbons (Fsp3) is 0.778. The number of carboxylic acids is 1. The Morgan fingerprint density at radius 1 is 1.38 bits per heavy atom. The van der Waals surface area contributed by atoms with E-state index in [4.69, 9.17) is 10.2 Å². The van der Waals surface area contributed by atoms with Crippen molar-refractivity contribution < 1.29 is 19.8 Å². The number of thioether (sulfide) groups is 1. The van der Waals surface area contributed by atoms with Gasteiger partial charge in [-0.1, -0.05) is 6.92 Å². The molecule has 0 aliphatic heterocycles. The number of nitrogens with one attached hydrogen (secondary N) is 2. The summed E-state index contributed by atoms with van der Waals surface area (Å²) in [5.74, 6) is -1.26. The standard InChI is InChI=1S/C9H18N2O4S/c1-5(16-3)4-10-9(15)11-7(6(2)12)8(13)14/h5-7,12H,4H2,1-3H3,(H,13,14)(H2,10,11,15)/t5?,6-,7+/m1/s1. The monoisotopic (exact) mass is 250 g/mol. The number of aliphatic hydroxyl groups excluding tert-OH is 1. The lowest BCUT2D eigenvalue weighted by Crippen LogP contribution is -2.51. The largest absolute Gasteiger partial charge is 0.480 e. The summed E-state index contributed by atoms with van der Waals surface area (Å²) < 4.78 is 0. The molecule has 16 heavy (non-hydrogen) atoms. The lowest BCUT2D eigenvalue weighted by Gasteiger charge is -2.18. The summed E-state index contributed by atoms with van der Waals surface area (Å²) in [4.78, 5) is 21.9. The molecule has 1 unspecified atom stereocenters. The molecule has 0 aliphatic rings. The number of carbonyl (C=O) groups is 2. The number of amides is 2. The first-order valence-corrected chi connectivity index (χ1v) is 6.15. The third-order valence-corrected chi connectivity index (χ3v) is 2.96. The first-order chi connectivity index (χ1) is 7.38. The van der Waals surface area contributed by atoms with Gasteiger partial charge in [0.15, 0.2) is 6.04 Å². The predicted molar refractivity (Wildman–Crippen MR) is 62.6 cm³/mol. The van der Waals surface area contributed by atoms with Crippen molar-refractivity contribution in [3.8, 4) is 0 Å². The van der Waals surface area contributed by atoms with E-state index < -0.39 is 24.1 Å². The van der Waals surface area contributed by atoms with E-state index in [1.165, 1.54) is 6.92 Å². The minimum absolute atomic E-state index is 0.251. The fourth-order valence-electron chi connectivity index (χ4n) is 0.901. The molecule has 2 amide bonds. The number of carboxylic acid groups (broad SMARTS) is 1. The zero-order valence-corrected chi connectivity index (χ0v) is 10.4. The van der Waals surface area contributed by atoms with Crippen LogP contribution in [0.15, 0.2) is 0 Å². The summed E-state index contributed by atoms with van der Waals surface area (Å²) in [6, 6.07) is -1.88. The zero-order valence-electron chi connectivity index (χ0n) is 9.56. The highest BCUT2D eigenvalue weighted by Crippen LogP contribution is 2.02. The smallest absolute Gasteiger partial charge is 0.328 e. The van der Waals surface area contributed by atoms with Gasteiger partial charge in [-0.25, -0.2) is 9.59 Å². The van der Waals surface area contributed by atoms with Crippen LogP contribution in [0.3, 0.4) is 0 Å². The van der Waals surface area contributed by atoms with Crippen molar-refractivity contribution in [1.82, 2.24) is 10.6 Å². The molecule has 0 aromatic heterocycles. The minimum atomic E-state index is -1.29. The van der Waals surface area contributed by atoms with Crippen LogP contribution in [0.2, 0.25) is 0 Å². The van der Waals surface area contributed by atoms with Gasteiger partial charge in [-0.15, -0.1) is 0 Å². The Hall–Kier alpha value is -0.950. The van der Waals surface area contributed by atoms with Gasteiger partial charge in [0.05, 0.1) is 6.10 Å². The van der Waals surface area contributed by atoms with Gasteiger partial charge in [-0.05, 0) is 13.2 Å². The molecule has 0 aromatic carbocycles. The summed E-state index contributed by atoms with van der Waals surface area (Å²) in [7, 11) is 0. The van der Waals surface area contributed by atoms with Crippen LogP contribution in [-0.4, -0.2) is 52.4 Å². The number of aliphatic hydroxyl groups is 1. The normalized spacial score (nSPS) is 16.0. The van der Waals surface area contributed by atoms with E-state index in [9.17, 15) is 9.59 Å². The molecule has 0 aliphatic carbocycles. The maximum absolute atomic E-state index is 11.3. The highest BCUT2D eigenvalue weighted by molar-refractivity contribution is 7.99. The SMILES string of the molecule is CSC(C)CNC(=O)N[C@H](C(=O)O)[C@@H](C)O. The minimum Gasteiger partial charge on any atom is -0.480 e. The number of hydrogen-bond donors (Lipinski definition) is 4. The van der Waals surface area contributed by atoms with Gasteiger partial charge in [0.1, 0.15) is 0 Å². The van der Waals surface area contributed by atoms with Gasteiger partial charge >= 0.3 is 12.0 Å². The quantitative estimate of drug-likeness (QED) is 0.526. The third kappa shape index (κ3) is 5.82. The van der Waals surface area contributed by atoms with Gasteiger partial charge in [0.2, 0.25) is 0 Å². The van der Waals surface area contributed by atoms with Gasteiger partial charge in [0.25, 0.3) is 0 Å². The van der Waals surface area contributed by atoms with Crippen molar-refractivity contribution in [1.29, 1.82) is 0 Å². The summed E-state index contributed by atoms with van der Waals surface area (Å²) in [5, 5.41) is 22.8. The molecule has 0 heterocycles. The van der Waals surface area contributed by atoms with E-state index in [0.29, 0.717) is 6.54 Å². The van der Waals surface area contributed by atoms with Crippen LogP contribution in [0.4, 0.5) is 4.79 Å². The molecule has 0 fully saturated rings. The van der Waals surface area contributed by atoms with E-state index in [1.54, 1.807) is 11.8 Å². The number of urea groups is 1. The predicted octanol–water partition coefficient (Wildman–Crippen LogP) is -0.129.